The normalized spacial score (nSPS) is 10.8. The van der Waals surface area contributed by atoms with Crippen molar-refractivity contribution in [3.63, 3.8) is 0 Å². The van der Waals surface area contributed by atoms with E-state index in [0.29, 0.717) is 5.69 Å². The molecule has 2 aromatic rings. The molecule has 0 aliphatic rings. The van der Waals surface area contributed by atoms with E-state index < -0.39 is 12.4 Å². The van der Waals surface area contributed by atoms with Crippen molar-refractivity contribution in [2.75, 3.05) is 0 Å². The molecular formula is C13H12BF3KNO. The molecule has 2 nitrogen and oxygen atoms in total. The minimum Gasteiger partial charge on any atom is -0.490 e. The van der Waals surface area contributed by atoms with Crippen LogP contribution in [0.5, 0.6) is 5.75 Å². The zero-order valence-electron chi connectivity index (χ0n) is 11.3. The van der Waals surface area contributed by atoms with Gasteiger partial charge in [0.1, 0.15) is 6.61 Å². The Bertz CT molecular complexity index is 578. The summed E-state index contributed by atoms with van der Waals surface area (Å²) in [6.07, 6.45) is 0. The number of rotatable bonds is 4. The van der Waals surface area contributed by atoms with Gasteiger partial charge in [-0.15, -0.1) is 0 Å². The minimum absolute atomic E-state index is 0. The largest absolute Gasteiger partial charge is 1.00 e. The molecule has 0 fully saturated rings. The third-order valence-corrected chi connectivity index (χ3v) is 2.59. The van der Waals surface area contributed by atoms with Gasteiger partial charge in [0, 0.05) is 5.69 Å². The molecular weight excluding hydrogens is 293 g/mol. The molecule has 0 saturated carbocycles. The second-order valence-electron chi connectivity index (χ2n) is 4.17. The van der Waals surface area contributed by atoms with Crippen LogP contribution in [0, 0.1) is 6.92 Å². The maximum absolute atomic E-state index is 12.8. The summed E-state index contributed by atoms with van der Waals surface area (Å²) in [6.45, 7) is -3.24. The number of aromatic nitrogens is 1. The summed E-state index contributed by atoms with van der Waals surface area (Å²) >= 11 is 0. The Balaban J connectivity index is 0.00000200. The van der Waals surface area contributed by atoms with Gasteiger partial charge in [0.2, 0.25) is 0 Å². The minimum atomic E-state index is -5.07. The van der Waals surface area contributed by atoms with Crippen LogP contribution in [-0.4, -0.2) is 12.0 Å². The molecule has 2 rings (SSSR count). The standard InChI is InChI=1S/C13H12BF3NO.K/c1-10-5-4-6-11(18-10)9-19-13-8-3-2-7-12(13)14(15,16)17;/h2-8H,9H2,1H3;/q-1;+1. The van der Waals surface area contributed by atoms with E-state index in [-0.39, 0.29) is 63.7 Å². The Morgan fingerprint density at radius 2 is 1.75 bits per heavy atom. The topological polar surface area (TPSA) is 22.1 Å². The van der Waals surface area contributed by atoms with Gasteiger partial charge in [0.25, 0.3) is 0 Å². The molecule has 0 bridgehead atoms. The first-order valence-electron chi connectivity index (χ1n) is 5.81. The predicted octanol–water partition coefficient (Wildman–Crippen LogP) is 0.0274. The first-order chi connectivity index (χ1) is 8.97. The van der Waals surface area contributed by atoms with Crippen LogP contribution in [0.1, 0.15) is 11.4 Å². The van der Waals surface area contributed by atoms with Crippen molar-refractivity contribution in [2.24, 2.45) is 0 Å². The average Bonchev–Trinajstić information content (AvgIpc) is 2.36. The second kappa shape index (κ2) is 7.61. The van der Waals surface area contributed by atoms with Crippen molar-refractivity contribution >= 4 is 12.4 Å². The molecule has 0 saturated heterocycles. The molecule has 0 radical (unpaired) electrons. The predicted molar refractivity (Wildman–Crippen MR) is 68.5 cm³/mol. The van der Waals surface area contributed by atoms with E-state index in [2.05, 4.69) is 4.98 Å². The Hall–Kier alpha value is -0.339. The van der Waals surface area contributed by atoms with Crippen LogP contribution in [0.25, 0.3) is 0 Å². The van der Waals surface area contributed by atoms with Gasteiger partial charge in [-0.25, -0.2) is 0 Å². The molecule has 100 valence electrons. The van der Waals surface area contributed by atoms with Crippen LogP contribution < -0.4 is 61.6 Å². The number of hydrogen-bond acceptors (Lipinski definition) is 2. The van der Waals surface area contributed by atoms with E-state index in [1.807, 2.05) is 13.0 Å². The molecule has 0 atom stereocenters. The number of aryl methyl sites for hydroxylation is 1. The van der Waals surface area contributed by atoms with E-state index >= 15 is 0 Å². The number of para-hydroxylation sites is 1. The van der Waals surface area contributed by atoms with Gasteiger partial charge in [0.05, 0.1) is 11.4 Å². The van der Waals surface area contributed by atoms with Crippen molar-refractivity contribution in [2.45, 2.75) is 13.5 Å². The van der Waals surface area contributed by atoms with Crippen LogP contribution in [0.2, 0.25) is 0 Å². The van der Waals surface area contributed by atoms with Crippen molar-refractivity contribution < 1.29 is 69.1 Å². The molecule has 0 amide bonds. The molecule has 0 aliphatic carbocycles. The van der Waals surface area contributed by atoms with Gasteiger partial charge in [-0.2, -0.15) is 0 Å². The van der Waals surface area contributed by atoms with Crippen LogP contribution in [-0.2, 0) is 6.61 Å². The van der Waals surface area contributed by atoms with Gasteiger partial charge in [-0.05, 0) is 25.1 Å². The molecule has 7 heteroatoms. The molecule has 0 aliphatic heterocycles. The van der Waals surface area contributed by atoms with Crippen molar-refractivity contribution in [1.82, 2.24) is 4.98 Å². The fourth-order valence-electron chi connectivity index (χ4n) is 1.71. The first kappa shape index (κ1) is 17.7. The molecule has 0 N–H and O–H groups in total. The second-order valence-corrected chi connectivity index (χ2v) is 4.17. The molecule has 0 unspecified atom stereocenters. The number of benzene rings is 1. The molecule has 20 heavy (non-hydrogen) atoms. The molecule has 1 heterocycles. The summed E-state index contributed by atoms with van der Waals surface area (Å²) < 4.78 is 43.7. The van der Waals surface area contributed by atoms with Gasteiger partial charge < -0.3 is 17.7 Å². The summed E-state index contributed by atoms with van der Waals surface area (Å²) in [5.41, 5.74) is 0.689. The molecule has 0 spiro atoms. The summed E-state index contributed by atoms with van der Waals surface area (Å²) in [6, 6.07) is 10.5. The van der Waals surface area contributed by atoms with Crippen molar-refractivity contribution in [1.29, 1.82) is 0 Å². The Kier molecular flexibility index (Phi) is 6.74. The van der Waals surface area contributed by atoms with Crippen molar-refractivity contribution in [3.8, 4) is 5.75 Å². The molecule has 1 aromatic heterocycles. The van der Waals surface area contributed by atoms with Gasteiger partial charge in [-0.1, -0.05) is 29.7 Å². The van der Waals surface area contributed by atoms with E-state index in [1.54, 1.807) is 12.1 Å². The number of halogens is 3. The van der Waals surface area contributed by atoms with Gasteiger partial charge in [-0.3, -0.25) is 4.98 Å². The monoisotopic (exact) mass is 305 g/mol. The summed E-state index contributed by atoms with van der Waals surface area (Å²) in [4.78, 5) is 4.18. The smallest absolute Gasteiger partial charge is 0.490 e. The number of hydrogen-bond donors (Lipinski definition) is 0. The number of pyridine rings is 1. The van der Waals surface area contributed by atoms with Gasteiger partial charge in [0.15, 0.2) is 0 Å². The van der Waals surface area contributed by atoms with E-state index in [0.717, 1.165) is 11.8 Å². The quantitative estimate of drug-likeness (QED) is 0.744. The van der Waals surface area contributed by atoms with E-state index in [1.165, 1.54) is 18.2 Å². The van der Waals surface area contributed by atoms with Crippen LogP contribution >= 0.6 is 0 Å². The fraction of sp³-hybridized carbons (Fsp3) is 0.154. The van der Waals surface area contributed by atoms with Crippen LogP contribution in [0.4, 0.5) is 12.9 Å². The van der Waals surface area contributed by atoms with E-state index in [9.17, 15) is 12.9 Å². The van der Waals surface area contributed by atoms with Crippen LogP contribution in [0.15, 0.2) is 42.5 Å². The Morgan fingerprint density at radius 3 is 2.40 bits per heavy atom. The first-order valence-corrected chi connectivity index (χ1v) is 5.81. The zero-order chi connectivity index (χ0) is 13.9. The van der Waals surface area contributed by atoms with Crippen molar-refractivity contribution in [3.05, 3.63) is 53.9 Å². The maximum atomic E-state index is 12.8. The average molecular weight is 305 g/mol. The third kappa shape index (κ3) is 4.89. The molecule has 1 aromatic carbocycles. The third-order valence-electron chi connectivity index (χ3n) is 2.59. The number of nitrogens with zero attached hydrogens (tertiary/aromatic N) is 1. The van der Waals surface area contributed by atoms with Gasteiger partial charge >= 0.3 is 58.4 Å². The Morgan fingerprint density at radius 1 is 1.05 bits per heavy atom. The fourth-order valence-corrected chi connectivity index (χ4v) is 1.71. The maximum Gasteiger partial charge on any atom is 1.00 e. The zero-order valence-corrected chi connectivity index (χ0v) is 14.4. The Labute approximate surface area is 158 Å². The SMILES string of the molecule is Cc1cccc(COc2ccccc2[B-](F)(F)F)n1.[K+]. The van der Waals surface area contributed by atoms with Crippen LogP contribution in [0.3, 0.4) is 0 Å². The number of ether oxygens (including phenoxy) is 1. The summed E-state index contributed by atoms with van der Waals surface area (Å²) in [5.74, 6) is -0.154. The van der Waals surface area contributed by atoms with E-state index in [4.69, 9.17) is 4.74 Å². The summed E-state index contributed by atoms with van der Waals surface area (Å²) in [7, 11) is 0. The summed E-state index contributed by atoms with van der Waals surface area (Å²) in [5, 5.41) is 0.